The predicted octanol–water partition coefficient (Wildman–Crippen LogP) is 1.96. The molecule has 56 valence electrons. The molecule has 1 aromatic rings. The Kier molecular flexibility index (Phi) is 1.67. The Morgan fingerprint density at radius 1 is 1.09 bits per heavy atom. The first-order valence-electron chi connectivity index (χ1n) is 3.43. The molecule has 0 nitrogen and oxygen atoms in total. The molecule has 1 aromatic carbocycles. The van der Waals surface area contributed by atoms with Crippen molar-refractivity contribution in [1.82, 2.24) is 0 Å². The predicted molar refractivity (Wildman–Crippen MR) is 49.3 cm³/mol. The van der Waals surface area contributed by atoms with Crippen LogP contribution in [0.25, 0.3) is 12.2 Å². The second-order valence-electron chi connectivity index (χ2n) is 2.51. The van der Waals surface area contributed by atoms with Gasteiger partial charge in [-0.1, -0.05) is 41.4 Å². The highest BCUT2D eigenvalue weighted by Crippen LogP contribution is 2.15. The molecule has 0 radical (unpaired) electrons. The van der Waals surface area contributed by atoms with Gasteiger partial charge in [-0.2, -0.15) is 0 Å². The zero-order valence-corrected chi connectivity index (χ0v) is 7.28. The molecule has 0 atom stereocenters. The molecule has 11 heavy (non-hydrogen) atoms. The lowest BCUT2D eigenvalue weighted by molar-refractivity contribution is 1.54. The summed E-state index contributed by atoms with van der Waals surface area (Å²) in [5.41, 5.74) is 0. The summed E-state index contributed by atoms with van der Waals surface area (Å²) in [5, 5.41) is 3.59. The molecule has 0 spiro atoms. The molecular weight excluding hydrogens is 179 g/mol. The standard InChI is InChI=1S/C9H6Cl2/c10-8-5-4-6-2-1-3-7(6)9(8)11/h2-5H,1H2. The second kappa shape index (κ2) is 2.54. The molecule has 0 bridgehead atoms. The number of rotatable bonds is 0. The van der Waals surface area contributed by atoms with E-state index in [1.165, 1.54) is 5.22 Å². The van der Waals surface area contributed by atoms with Crippen molar-refractivity contribution in [2.45, 2.75) is 6.42 Å². The minimum atomic E-state index is 0.636. The number of fused-ring (bicyclic) bond motifs is 1. The lowest BCUT2D eigenvalue weighted by Crippen LogP contribution is -2.21. The molecule has 0 N–H and O–H groups in total. The van der Waals surface area contributed by atoms with E-state index in [4.69, 9.17) is 23.2 Å². The third-order valence-corrected chi connectivity index (χ3v) is 2.65. The summed E-state index contributed by atoms with van der Waals surface area (Å²) in [6.45, 7) is 0. The SMILES string of the molecule is Clc1ccc2c(c1Cl)=CCC=2. The minimum Gasteiger partial charge on any atom is -0.0827 e. The van der Waals surface area contributed by atoms with Crippen molar-refractivity contribution in [3.05, 3.63) is 32.6 Å². The Labute approximate surface area is 74.7 Å². The van der Waals surface area contributed by atoms with Crippen LogP contribution in [0.2, 0.25) is 10.0 Å². The molecular formula is C9H6Cl2. The van der Waals surface area contributed by atoms with Crippen LogP contribution in [0.3, 0.4) is 0 Å². The average molecular weight is 185 g/mol. The Morgan fingerprint density at radius 2 is 1.91 bits per heavy atom. The van der Waals surface area contributed by atoms with Crippen LogP contribution >= 0.6 is 23.2 Å². The van der Waals surface area contributed by atoms with Gasteiger partial charge in [0.25, 0.3) is 0 Å². The van der Waals surface area contributed by atoms with E-state index >= 15 is 0 Å². The first kappa shape index (κ1) is 7.20. The largest absolute Gasteiger partial charge is 0.0827 e. The highest BCUT2D eigenvalue weighted by molar-refractivity contribution is 6.42. The smallest absolute Gasteiger partial charge is 0.0667 e. The maximum atomic E-state index is 5.96. The minimum absolute atomic E-state index is 0.636. The quantitative estimate of drug-likeness (QED) is 0.579. The monoisotopic (exact) mass is 184 g/mol. The Morgan fingerprint density at radius 3 is 2.73 bits per heavy atom. The molecule has 0 fully saturated rings. The Hall–Kier alpha value is -0.460. The maximum absolute atomic E-state index is 5.96. The van der Waals surface area contributed by atoms with Gasteiger partial charge in [-0.25, -0.2) is 0 Å². The fourth-order valence-electron chi connectivity index (χ4n) is 1.27. The van der Waals surface area contributed by atoms with E-state index < -0.39 is 0 Å². The van der Waals surface area contributed by atoms with Gasteiger partial charge in [-0.05, 0) is 22.9 Å². The third kappa shape index (κ3) is 1.07. The molecule has 1 aliphatic rings. The van der Waals surface area contributed by atoms with Crippen LogP contribution in [0, 0.1) is 0 Å². The lowest BCUT2D eigenvalue weighted by Gasteiger charge is -1.93. The van der Waals surface area contributed by atoms with Crippen molar-refractivity contribution >= 4 is 35.4 Å². The highest BCUT2D eigenvalue weighted by Gasteiger charge is 2.01. The van der Waals surface area contributed by atoms with Crippen molar-refractivity contribution in [2.75, 3.05) is 0 Å². The van der Waals surface area contributed by atoms with E-state index in [0.717, 1.165) is 11.6 Å². The van der Waals surface area contributed by atoms with Crippen molar-refractivity contribution < 1.29 is 0 Å². The van der Waals surface area contributed by atoms with Crippen LogP contribution < -0.4 is 10.4 Å². The van der Waals surface area contributed by atoms with Crippen LogP contribution in [0.4, 0.5) is 0 Å². The van der Waals surface area contributed by atoms with Gasteiger partial charge < -0.3 is 0 Å². The van der Waals surface area contributed by atoms with E-state index in [9.17, 15) is 0 Å². The topological polar surface area (TPSA) is 0 Å². The average Bonchev–Trinajstić information content (AvgIpc) is 2.45. The van der Waals surface area contributed by atoms with Crippen molar-refractivity contribution in [1.29, 1.82) is 0 Å². The summed E-state index contributed by atoms with van der Waals surface area (Å²) in [5.74, 6) is 0. The molecule has 2 heteroatoms. The first-order chi connectivity index (χ1) is 5.29. The molecule has 0 heterocycles. The summed E-state index contributed by atoms with van der Waals surface area (Å²) in [6, 6.07) is 3.82. The normalized spacial score (nSPS) is 13.6. The Bertz CT molecular complexity index is 404. The first-order valence-corrected chi connectivity index (χ1v) is 4.19. The van der Waals surface area contributed by atoms with Crippen LogP contribution in [0.15, 0.2) is 12.1 Å². The van der Waals surface area contributed by atoms with Gasteiger partial charge >= 0.3 is 0 Å². The van der Waals surface area contributed by atoms with Crippen molar-refractivity contribution in [2.24, 2.45) is 0 Å². The van der Waals surface area contributed by atoms with E-state index in [-0.39, 0.29) is 0 Å². The number of halogens is 2. The summed E-state index contributed by atoms with van der Waals surface area (Å²) >= 11 is 11.8. The van der Waals surface area contributed by atoms with Gasteiger partial charge in [0.15, 0.2) is 0 Å². The van der Waals surface area contributed by atoms with E-state index in [2.05, 4.69) is 12.2 Å². The van der Waals surface area contributed by atoms with E-state index in [1.807, 2.05) is 12.1 Å². The van der Waals surface area contributed by atoms with E-state index in [0.29, 0.717) is 10.0 Å². The summed E-state index contributed by atoms with van der Waals surface area (Å²) in [4.78, 5) is 0. The van der Waals surface area contributed by atoms with Crippen LogP contribution in [0.1, 0.15) is 6.42 Å². The molecule has 0 aliphatic heterocycles. The lowest BCUT2D eigenvalue weighted by atomic mass is 10.3. The van der Waals surface area contributed by atoms with Gasteiger partial charge in [-0.3, -0.25) is 0 Å². The van der Waals surface area contributed by atoms with Crippen LogP contribution in [-0.2, 0) is 0 Å². The van der Waals surface area contributed by atoms with Gasteiger partial charge in [0.2, 0.25) is 0 Å². The number of hydrogen-bond acceptors (Lipinski definition) is 0. The summed E-state index contributed by atoms with van der Waals surface area (Å²) in [6.07, 6.45) is 5.19. The van der Waals surface area contributed by atoms with Gasteiger partial charge in [-0.15, -0.1) is 0 Å². The third-order valence-electron chi connectivity index (χ3n) is 1.83. The van der Waals surface area contributed by atoms with Crippen LogP contribution in [0.5, 0.6) is 0 Å². The zero-order chi connectivity index (χ0) is 7.84. The molecule has 2 rings (SSSR count). The van der Waals surface area contributed by atoms with Crippen molar-refractivity contribution in [3.63, 3.8) is 0 Å². The molecule has 0 unspecified atom stereocenters. The van der Waals surface area contributed by atoms with Gasteiger partial charge in [0.1, 0.15) is 0 Å². The second-order valence-corrected chi connectivity index (χ2v) is 3.29. The number of hydrogen-bond donors (Lipinski definition) is 0. The molecule has 0 aromatic heterocycles. The maximum Gasteiger partial charge on any atom is 0.0667 e. The highest BCUT2D eigenvalue weighted by atomic mass is 35.5. The molecule has 0 saturated heterocycles. The van der Waals surface area contributed by atoms with Gasteiger partial charge in [0, 0.05) is 0 Å². The Balaban J connectivity index is 2.95. The van der Waals surface area contributed by atoms with E-state index in [1.54, 1.807) is 0 Å². The summed E-state index contributed by atoms with van der Waals surface area (Å²) in [7, 11) is 0. The summed E-state index contributed by atoms with van der Waals surface area (Å²) < 4.78 is 0. The molecule has 1 aliphatic carbocycles. The molecule has 0 saturated carbocycles. The fourth-order valence-corrected chi connectivity index (χ4v) is 1.68. The molecule has 0 amide bonds. The van der Waals surface area contributed by atoms with Gasteiger partial charge in [0.05, 0.1) is 10.0 Å². The fraction of sp³-hybridized carbons (Fsp3) is 0.111. The number of benzene rings is 1. The zero-order valence-electron chi connectivity index (χ0n) is 5.77. The van der Waals surface area contributed by atoms with Crippen molar-refractivity contribution in [3.8, 4) is 0 Å². The van der Waals surface area contributed by atoms with Crippen LogP contribution in [-0.4, -0.2) is 0 Å².